The van der Waals surface area contributed by atoms with E-state index < -0.39 is 0 Å². The summed E-state index contributed by atoms with van der Waals surface area (Å²) < 4.78 is 5.56. The third-order valence-electron chi connectivity index (χ3n) is 4.05. The fourth-order valence-electron chi connectivity index (χ4n) is 2.48. The second kappa shape index (κ2) is 8.25. The minimum Gasteiger partial charge on any atom is -0.375 e. The Bertz CT molecular complexity index is 926. The van der Waals surface area contributed by atoms with Crippen molar-refractivity contribution in [3.05, 3.63) is 70.0 Å². The van der Waals surface area contributed by atoms with Gasteiger partial charge in [0.05, 0.1) is 35.6 Å². The molecule has 3 rings (SSSR count). The highest BCUT2D eigenvalue weighted by atomic mass is 35.5. The normalized spacial score (nSPS) is 10.9. The van der Waals surface area contributed by atoms with E-state index in [2.05, 4.69) is 15.3 Å². The first-order valence-corrected chi connectivity index (χ1v) is 8.76. The molecule has 0 aliphatic rings. The molecule has 0 saturated heterocycles. The van der Waals surface area contributed by atoms with Gasteiger partial charge in [-0.25, -0.2) is 9.97 Å². The van der Waals surface area contributed by atoms with E-state index in [9.17, 15) is 4.79 Å². The minimum absolute atomic E-state index is 0.151. The second-order valence-electron chi connectivity index (χ2n) is 6.03. The molecule has 134 valence electrons. The number of nitrogens with one attached hydrogen (secondary N) is 1. The number of benzene rings is 2. The molecular formula is C20H20ClN3O2. The second-order valence-corrected chi connectivity index (χ2v) is 6.47. The average molecular weight is 370 g/mol. The predicted octanol–water partition coefficient (Wildman–Crippen LogP) is 3.85. The molecule has 0 fully saturated rings. The number of halogens is 1. The van der Waals surface area contributed by atoms with E-state index in [0.717, 1.165) is 28.0 Å². The van der Waals surface area contributed by atoms with Crippen molar-refractivity contribution in [3.63, 3.8) is 0 Å². The standard InChI is InChI=1S/C20H20ClN3O2/c1-13-14(2)24-19-11-16(5-8-18(19)23-13)20(25)22-9-10-26-12-15-3-6-17(21)7-4-15/h3-8,11H,9-10,12H2,1-2H3,(H,22,25). The first-order valence-electron chi connectivity index (χ1n) is 8.38. The van der Waals surface area contributed by atoms with Gasteiger partial charge in [0.2, 0.25) is 0 Å². The number of amides is 1. The molecule has 0 aliphatic carbocycles. The summed E-state index contributed by atoms with van der Waals surface area (Å²) in [6.07, 6.45) is 0. The lowest BCUT2D eigenvalue weighted by atomic mass is 10.1. The zero-order chi connectivity index (χ0) is 18.5. The topological polar surface area (TPSA) is 64.1 Å². The number of fused-ring (bicyclic) bond motifs is 1. The Morgan fingerprint density at radius 2 is 1.73 bits per heavy atom. The van der Waals surface area contributed by atoms with E-state index in [1.807, 2.05) is 44.2 Å². The summed E-state index contributed by atoms with van der Waals surface area (Å²) in [5.41, 5.74) is 4.88. The van der Waals surface area contributed by atoms with Crippen LogP contribution in [-0.4, -0.2) is 29.0 Å². The summed E-state index contributed by atoms with van der Waals surface area (Å²) in [5.74, 6) is -0.151. The van der Waals surface area contributed by atoms with Gasteiger partial charge in [0.1, 0.15) is 0 Å². The number of rotatable bonds is 6. The molecular weight excluding hydrogens is 350 g/mol. The van der Waals surface area contributed by atoms with Gasteiger partial charge in [-0.15, -0.1) is 0 Å². The van der Waals surface area contributed by atoms with Gasteiger partial charge in [-0.05, 0) is 49.7 Å². The van der Waals surface area contributed by atoms with Crippen LogP contribution in [0.25, 0.3) is 11.0 Å². The van der Waals surface area contributed by atoms with Crippen LogP contribution in [-0.2, 0) is 11.3 Å². The maximum absolute atomic E-state index is 12.3. The molecule has 26 heavy (non-hydrogen) atoms. The van der Waals surface area contributed by atoms with Crippen molar-refractivity contribution in [3.8, 4) is 0 Å². The lowest BCUT2D eigenvalue weighted by Gasteiger charge is -2.08. The molecule has 1 N–H and O–H groups in total. The number of carbonyl (C=O) groups is 1. The lowest BCUT2D eigenvalue weighted by Crippen LogP contribution is -2.27. The Morgan fingerprint density at radius 3 is 2.46 bits per heavy atom. The lowest BCUT2D eigenvalue weighted by molar-refractivity contribution is 0.0901. The third kappa shape index (κ3) is 4.56. The van der Waals surface area contributed by atoms with Gasteiger partial charge in [0, 0.05) is 17.1 Å². The first-order chi connectivity index (χ1) is 12.5. The van der Waals surface area contributed by atoms with Crippen molar-refractivity contribution in [2.24, 2.45) is 0 Å². The van der Waals surface area contributed by atoms with Gasteiger partial charge in [-0.3, -0.25) is 4.79 Å². The molecule has 1 aromatic heterocycles. The molecule has 1 amide bonds. The van der Waals surface area contributed by atoms with E-state index in [4.69, 9.17) is 16.3 Å². The fraction of sp³-hybridized carbons (Fsp3) is 0.250. The van der Waals surface area contributed by atoms with Crippen LogP contribution in [0.2, 0.25) is 5.02 Å². The molecule has 0 spiro atoms. The molecule has 6 heteroatoms. The zero-order valence-corrected chi connectivity index (χ0v) is 15.5. The highest BCUT2D eigenvalue weighted by Crippen LogP contribution is 2.14. The van der Waals surface area contributed by atoms with Crippen molar-refractivity contribution in [2.75, 3.05) is 13.2 Å². The molecule has 0 aliphatic heterocycles. The monoisotopic (exact) mass is 369 g/mol. The van der Waals surface area contributed by atoms with Gasteiger partial charge >= 0.3 is 0 Å². The Morgan fingerprint density at radius 1 is 1.04 bits per heavy atom. The molecule has 2 aromatic carbocycles. The van der Waals surface area contributed by atoms with Crippen LogP contribution in [0.4, 0.5) is 0 Å². The number of hydrogen-bond acceptors (Lipinski definition) is 4. The first kappa shape index (κ1) is 18.3. The number of nitrogens with zero attached hydrogens (tertiary/aromatic N) is 2. The van der Waals surface area contributed by atoms with Crippen LogP contribution >= 0.6 is 11.6 Å². The van der Waals surface area contributed by atoms with Crippen molar-refractivity contribution in [2.45, 2.75) is 20.5 Å². The van der Waals surface area contributed by atoms with Gasteiger partial charge < -0.3 is 10.1 Å². The maximum atomic E-state index is 12.3. The van der Waals surface area contributed by atoms with E-state index in [0.29, 0.717) is 30.3 Å². The molecule has 1 heterocycles. The van der Waals surface area contributed by atoms with Crippen LogP contribution < -0.4 is 5.32 Å². The Balaban J connectivity index is 1.51. The molecule has 3 aromatic rings. The highest BCUT2D eigenvalue weighted by Gasteiger charge is 2.08. The Labute approximate surface area is 157 Å². The van der Waals surface area contributed by atoms with Gasteiger partial charge in [0.25, 0.3) is 5.91 Å². The van der Waals surface area contributed by atoms with E-state index in [1.54, 1.807) is 12.1 Å². The maximum Gasteiger partial charge on any atom is 0.251 e. The Hall–Kier alpha value is -2.50. The summed E-state index contributed by atoms with van der Waals surface area (Å²) >= 11 is 5.84. The molecule has 0 bridgehead atoms. The van der Waals surface area contributed by atoms with E-state index in [-0.39, 0.29) is 5.91 Å². The summed E-state index contributed by atoms with van der Waals surface area (Å²) in [4.78, 5) is 21.2. The van der Waals surface area contributed by atoms with Crippen molar-refractivity contribution < 1.29 is 9.53 Å². The summed E-state index contributed by atoms with van der Waals surface area (Å²) in [6, 6.07) is 12.8. The van der Waals surface area contributed by atoms with Gasteiger partial charge in [0.15, 0.2) is 0 Å². The van der Waals surface area contributed by atoms with Gasteiger partial charge in [-0.1, -0.05) is 23.7 Å². The van der Waals surface area contributed by atoms with E-state index in [1.165, 1.54) is 0 Å². The van der Waals surface area contributed by atoms with Crippen LogP contribution in [0.1, 0.15) is 27.3 Å². The summed E-state index contributed by atoms with van der Waals surface area (Å²) in [6.45, 7) is 5.18. The predicted molar refractivity (Wildman–Crippen MR) is 102 cm³/mol. The molecule has 0 atom stereocenters. The van der Waals surface area contributed by atoms with E-state index >= 15 is 0 Å². The molecule has 0 radical (unpaired) electrons. The largest absolute Gasteiger partial charge is 0.375 e. The summed E-state index contributed by atoms with van der Waals surface area (Å²) in [7, 11) is 0. The smallest absolute Gasteiger partial charge is 0.251 e. The van der Waals surface area contributed by atoms with Crippen LogP contribution in [0, 0.1) is 13.8 Å². The van der Waals surface area contributed by atoms with Crippen LogP contribution in [0.3, 0.4) is 0 Å². The zero-order valence-electron chi connectivity index (χ0n) is 14.8. The minimum atomic E-state index is -0.151. The number of ether oxygens (including phenoxy) is 1. The summed E-state index contributed by atoms with van der Waals surface area (Å²) in [5, 5.41) is 3.55. The quantitative estimate of drug-likeness (QED) is 0.670. The number of carbonyl (C=O) groups excluding carboxylic acids is 1. The van der Waals surface area contributed by atoms with Crippen molar-refractivity contribution in [1.82, 2.24) is 15.3 Å². The number of hydrogen-bond donors (Lipinski definition) is 1. The average Bonchev–Trinajstić information content (AvgIpc) is 2.63. The number of aromatic nitrogens is 2. The molecule has 0 saturated carbocycles. The fourth-order valence-corrected chi connectivity index (χ4v) is 2.61. The van der Waals surface area contributed by atoms with Crippen LogP contribution in [0.5, 0.6) is 0 Å². The van der Waals surface area contributed by atoms with Gasteiger partial charge in [-0.2, -0.15) is 0 Å². The number of aryl methyl sites for hydroxylation is 2. The molecule has 0 unspecified atom stereocenters. The van der Waals surface area contributed by atoms with Crippen molar-refractivity contribution >= 4 is 28.5 Å². The van der Waals surface area contributed by atoms with Crippen LogP contribution in [0.15, 0.2) is 42.5 Å². The third-order valence-corrected chi connectivity index (χ3v) is 4.30. The SMILES string of the molecule is Cc1nc2ccc(C(=O)NCCOCc3ccc(Cl)cc3)cc2nc1C. The Kier molecular flexibility index (Phi) is 5.81. The molecule has 5 nitrogen and oxygen atoms in total. The van der Waals surface area contributed by atoms with Crippen molar-refractivity contribution in [1.29, 1.82) is 0 Å². The highest BCUT2D eigenvalue weighted by molar-refractivity contribution is 6.30.